The third kappa shape index (κ3) is 3.63. The first-order valence-corrected chi connectivity index (χ1v) is 10.4. The summed E-state index contributed by atoms with van der Waals surface area (Å²) in [6.45, 7) is 2.73. The van der Waals surface area contributed by atoms with Gasteiger partial charge in [0, 0.05) is 13.1 Å². The molecule has 26 heavy (non-hydrogen) atoms. The number of sulfonamides is 1. The summed E-state index contributed by atoms with van der Waals surface area (Å²) in [5, 5.41) is 0. The number of hydrogen-bond acceptors (Lipinski definition) is 3. The van der Waals surface area contributed by atoms with E-state index in [1.807, 2.05) is 37.3 Å². The number of halogens is 1. The molecule has 0 radical (unpaired) electrons. The van der Waals surface area contributed by atoms with Gasteiger partial charge < -0.3 is 4.90 Å². The van der Waals surface area contributed by atoms with E-state index in [2.05, 4.69) is 0 Å². The average Bonchev–Trinajstić information content (AvgIpc) is 2.67. The number of benzene rings is 2. The summed E-state index contributed by atoms with van der Waals surface area (Å²) in [5.41, 5.74) is 1.74. The second-order valence-corrected chi connectivity index (χ2v) is 8.45. The first-order chi connectivity index (χ1) is 12.4. The summed E-state index contributed by atoms with van der Waals surface area (Å²) in [7, 11) is -3.75. The molecule has 0 bridgehead atoms. The van der Waals surface area contributed by atoms with Gasteiger partial charge in [0.2, 0.25) is 15.9 Å². The van der Waals surface area contributed by atoms with Crippen LogP contribution in [0.4, 0.5) is 0 Å². The summed E-state index contributed by atoms with van der Waals surface area (Å²) in [6.07, 6.45) is -0.126. The molecule has 0 N–H and O–H groups in total. The Morgan fingerprint density at radius 3 is 2.35 bits per heavy atom. The van der Waals surface area contributed by atoms with E-state index >= 15 is 0 Å². The fourth-order valence-corrected chi connectivity index (χ4v) is 4.98. The van der Waals surface area contributed by atoms with Crippen molar-refractivity contribution in [3.8, 4) is 0 Å². The SMILES string of the molecule is Cc1ccc(S(=O)(=O)N2CCCN(C(=O)CCl)[C@@H]2c2ccccc2)cc1. The van der Waals surface area contributed by atoms with E-state index in [1.165, 1.54) is 4.31 Å². The standard InChI is InChI=1S/C19H21ClN2O3S/c1-15-8-10-17(11-9-15)26(24,25)22-13-5-12-21(18(23)14-20)19(22)16-6-3-2-4-7-16/h2-4,6-11,19H,5,12-14H2,1H3/t19-/m0/s1. The summed E-state index contributed by atoms with van der Waals surface area (Å²) < 4.78 is 28.0. The monoisotopic (exact) mass is 392 g/mol. The number of amides is 1. The van der Waals surface area contributed by atoms with Gasteiger partial charge in [-0.25, -0.2) is 8.42 Å². The van der Waals surface area contributed by atoms with Gasteiger partial charge in [-0.2, -0.15) is 4.31 Å². The molecule has 3 rings (SSSR count). The lowest BCUT2D eigenvalue weighted by Crippen LogP contribution is -2.52. The van der Waals surface area contributed by atoms with Gasteiger partial charge in [0.1, 0.15) is 12.0 Å². The number of hydrogen-bond donors (Lipinski definition) is 0. The Bertz CT molecular complexity index is 869. The minimum atomic E-state index is -3.75. The highest BCUT2D eigenvalue weighted by atomic mass is 35.5. The fraction of sp³-hybridized carbons (Fsp3) is 0.316. The number of nitrogens with zero attached hydrogens (tertiary/aromatic N) is 2. The molecule has 1 atom stereocenters. The molecule has 0 spiro atoms. The van der Waals surface area contributed by atoms with Crippen LogP contribution in [-0.4, -0.2) is 42.5 Å². The molecule has 0 aromatic heterocycles. The quantitative estimate of drug-likeness (QED) is 0.751. The number of rotatable bonds is 4. The Balaban J connectivity index is 2.07. The van der Waals surface area contributed by atoms with E-state index in [1.54, 1.807) is 29.2 Å². The zero-order valence-corrected chi connectivity index (χ0v) is 16.1. The van der Waals surface area contributed by atoms with Gasteiger partial charge in [0.25, 0.3) is 0 Å². The first-order valence-electron chi connectivity index (χ1n) is 8.44. The third-order valence-corrected chi connectivity index (χ3v) is 6.60. The Morgan fingerprint density at radius 1 is 1.08 bits per heavy atom. The predicted octanol–water partition coefficient (Wildman–Crippen LogP) is 3.16. The highest BCUT2D eigenvalue weighted by Gasteiger charge is 2.40. The van der Waals surface area contributed by atoms with Crippen LogP contribution >= 0.6 is 11.6 Å². The van der Waals surface area contributed by atoms with Crippen LogP contribution < -0.4 is 0 Å². The van der Waals surface area contributed by atoms with Crippen molar-refractivity contribution >= 4 is 27.5 Å². The van der Waals surface area contributed by atoms with E-state index in [4.69, 9.17) is 11.6 Å². The normalized spacial score (nSPS) is 18.7. The van der Waals surface area contributed by atoms with Crippen LogP contribution in [0.2, 0.25) is 0 Å². The lowest BCUT2D eigenvalue weighted by molar-refractivity contribution is -0.135. The maximum atomic E-state index is 13.3. The molecule has 138 valence electrons. The molecule has 0 saturated carbocycles. The second-order valence-electron chi connectivity index (χ2n) is 6.29. The zero-order chi connectivity index (χ0) is 18.7. The molecule has 5 nitrogen and oxygen atoms in total. The van der Waals surface area contributed by atoms with Crippen molar-refractivity contribution in [1.82, 2.24) is 9.21 Å². The maximum absolute atomic E-state index is 13.3. The fourth-order valence-electron chi connectivity index (χ4n) is 3.20. The molecule has 1 saturated heterocycles. The number of carbonyl (C=O) groups is 1. The van der Waals surface area contributed by atoms with Crippen LogP contribution in [-0.2, 0) is 14.8 Å². The van der Waals surface area contributed by atoms with Crippen molar-refractivity contribution in [2.75, 3.05) is 19.0 Å². The van der Waals surface area contributed by atoms with Crippen molar-refractivity contribution in [3.05, 3.63) is 65.7 Å². The topological polar surface area (TPSA) is 57.7 Å². The first kappa shape index (κ1) is 18.9. The van der Waals surface area contributed by atoms with Crippen molar-refractivity contribution < 1.29 is 13.2 Å². The average molecular weight is 393 g/mol. The zero-order valence-electron chi connectivity index (χ0n) is 14.5. The summed E-state index contributed by atoms with van der Waals surface area (Å²) in [6, 6.07) is 16.0. The minimum Gasteiger partial charge on any atom is -0.321 e. The van der Waals surface area contributed by atoms with Gasteiger partial charge >= 0.3 is 0 Å². The molecule has 2 aromatic carbocycles. The Morgan fingerprint density at radius 2 is 1.73 bits per heavy atom. The lowest BCUT2D eigenvalue weighted by atomic mass is 10.1. The minimum absolute atomic E-state index is 0.179. The highest BCUT2D eigenvalue weighted by molar-refractivity contribution is 7.89. The van der Waals surface area contributed by atoms with Crippen molar-refractivity contribution in [1.29, 1.82) is 0 Å². The Hall–Kier alpha value is -1.89. The van der Waals surface area contributed by atoms with Crippen LogP contribution in [0.15, 0.2) is 59.5 Å². The van der Waals surface area contributed by atoms with E-state index in [9.17, 15) is 13.2 Å². The van der Waals surface area contributed by atoms with Gasteiger partial charge in [-0.3, -0.25) is 4.79 Å². The van der Waals surface area contributed by atoms with Crippen molar-refractivity contribution in [2.24, 2.45) is 0 Å². The Kier molecular flexibility index (Phi) is 5.65. The second kappa shape index (κ2) is 7.78. The van der Waals surface area contributed by atoms with Crippen LogP contribution in [0.25, 0.3) is 0 Å². The predicted molar refractivity (Wildman–Crippen MR) is 101 cm³/mol. The van der Waals surface area contributed by atoms with Gasteiger partial charge in [0.15, 0.2) is 0 Å². The molecule has 1 aliphatic heterocycles. The van der Waals surface area contributed by atoms with E-state index in [0.29, 0.717) is 19.5 Å². The van der Waals surface area contributed by atoms with Crippen LogP contribution in [0.3, 0.4) is 0 Å². The Labute approximate surface area is 159 Å². The molecule has 1 fully saturated rings. The molecule has 0 unspecified atom stereocenters. The third-order valence-electron chi connectivity index (χ3n) is 4.51. The smallest absolute Gasteiger partial charge is 0.245 e. The molecular formula is C19H21ClN2O3S. The molecule has 1 heterocycles. The molecule has 2 aromatic rings. The highest BCUT2D eigenvalue weighted by Crippen LogP contribution is 2.34. The van der Waals surface area contributed by atoms with Gasteiger partial charge in [-0.1, -0.05) is 48.0 Å². The summed E-state index contributed by atoms with van der Waals surface area (Å²) >= 11 is 5.78. The number of alkyl halides is 1. The largest absolute Gasteiger partial charge is 0.321 e. The van der Waals surface area contributed by atoms with E-state index < -0.39 is 16.2 Å². The van der Waals surface area contributed by atoms with Gasteiger partial charge in [-0.15, -0.1) is 11.6 Å². The van der Waals surface area contributed by atoms with E-state index in [-0.39, 0.29) is 16.7 Å². The van der Waals surface area contributed by atoms with Crippen molar-refractivity contribution in [3.63, 3.8) is 0 Å². The van der Waals surface area contributed by atoms with Crippen molar-refractivity contribution in [2.45, 2.75) is 24.4 Å². The lowest BCUT2D eigenvalue weighted by Gasteiger charge is -2.43. The number of aryl methyl sites for hydroxylation is 1. The molecule has 7 heteroatoms. The van der Waals surface area contributed by atoms with Crippen LogP contribution in [0, 0.1) is 6.92 Å². The molecular weight excluding hydrogens is 372 g/mol. The number of carbonyl (C=O) groups excluding carboxylic acids is 1. The molecule has 0 aliphatic carbocycles. The summed E-state index contributed by atoms with van der Waals surface area (Å²) in [5.74, 6) is -0.453. The maximum Gasteiger partial charge on any atom is 0.245 e. The van der Waals surface area contributed by atoms with Crippen LogP contribution in [0.5, 0.6) is 0 Å². The van der Waals surface area contributed by atoms with Gasteiger partial charge in [-0.05, 0) is 31.0 Å². The molecule has 1 aliphatic rings. The van der Waals surface area contributed by atoms with Gasteiger partial charge in [0.05, 0.1) is 4.90 Å². The summed E-state index contributed by atoms with van der Waals surface area (Å²) in [4.78, 5) is 14.2. The molecule has 1 amide bonds. The van der Waals surface area contributed by atoms with E-state index in [0.717, 1.165) is 11.1 Å². The van der Waals surface area contributed by atoms with Crippen LogP contribution in [0.1, 0.15) is 23.7 Å².